The second-order valence-electron chi connectivity index (χ2n) is 11.7. The predicted molar refractivity (Wildman–Crippen MR) is 162 cm³/mol. The summed E-state index contributed by atoms with van der Waals surface area (Å²) in [6, 6.07) is 20.5. The highest BCUT2D eigenvalue weighted by Gasteiger charge is 2.61. The van der Waals surface area contributed by atoms with Gasteiger partial charge >= 0.3 is 0 Å². The van der Waals surface area contributed by atoms with Gasteiger partial charge in [-0.3, -0.25) is 14.9 Å². The van der Waals surface area contributed by atoms with Crippen LogP contribution in [-0.2, 0) is 10.0 Å². The van der Waals surface area contributed by atoms with E-state index in [0.717, 1.165) is 17.4 Å². The normalized spacial score (nSPS) is 22.8. The molecule has 2 N–H and O–H groups in total. The summed E-state index contributed by atoms with van der Waals surface area (Å²) in [5.41, 5.74) is 1.67. The van der Waals surface area contributed by atoms with E-state index in [0.29, 0.717) is 24.1 Å². The maximum absolute atomic E-state index is 13.0. The van der Waals surface area contributed by atoms with Gasteiger partial charge in [0.15, 0.2) is 0 Å². The Bertz CT molecular complexity index is 1560. The highest BCUT2D eigenvalue weighted by molar-refractivity contribution is 7.99. The van der Waals surface area contributed by atoms with E-state index in [9.17, 15) is 23.3 Å². The molecule has 8 nitrogen and oxygen atoms in total. The zero-order chi connectivity index (χ0) is 29.4. The minimum Gasteiger partial charge on any atom is -0.379 e. The number of carbonyl (C=O) groups excluding carboxylic acids is 1. The lowest BCUT2D eigenvalue weighted by molar-refractivity contribution is -0.384. The van der Waals surface area contributed by atoms with Gasteiger partial charge in [0.05, 0.1) is 9.82 Å². The molecular weight excluding hydrogens is 558 g/mol. The molecule has 10 heteroatoms. The standard InChI is InChI=1S/C31H35N3O5S2/c1-30(2)23-15-16-31(30,3)26(19-23)21-9-11-22(12-10-21)29(35)33-41(38,39)25-13-14-27(28(20-25)34(36)37)32-17-18-40-24-7-5-4-6-8-24/h4-14,20,23,26,32H,15-19H2,1-3H3,(H,33,35)/t23-,26?,31+/m1/s1. The van der Waals surface area contributed by atoms with Crippen LogP contribution < -0.4 is 10.0 Å². The van der Waals surface area contributed by atoms with Gasteiger partial charge in [-0.2, -0.15) is 0 Å². The van der Waals surface area contributed by atoms with Crippen molar-refractivity contribution in [1.29, 1.82) is 0 Å². The molecule has 3 aromatic carbocycles. The van der Waals surface area contributed by atoms with Crippen molar-refractivity contribution >= 4 is 39.1 Å². The van der Waals surface area contributed by atoms with Crippen LogP contribution in [0.15, 0.2) is 82.6 Å². The smallest absolute Gasteiger partial charge is 0.293 e. The van der Waals surface area contributed by atoms with E-state index in [-0.39, 0.29) is 32.7 Å². The van der Waals surface area contributed by atoms with Crippen molar-refractivity contribution in [2.75, 3.05) is 17.6 Å². The number of rotatable bonds is 10. The number of sulfonamides is 1. The van der Waals surface area contributed by atoms with Crippen molar-refractivity contribution in [3.8, 4) is 0 Å². The zero-order valence-corrected chi connectivity index (χ0v) is 25.1. The number of nitrogens with zero attached hydrogens (tertiary/aromatic N) is 1. The van der Waals surface area contributed by atoms with Crippen LogP contribution >= 0.6 is 11.8 Å². The molecule has 0 spiro atoms. The molecule has 2 fully saturated rings. The molecule has 41 heavy (non-hydrogen) atoms. The summed E-state index contributed by atoms with van der Waals surface area (Å²) < 4.78 is 28.1. The number of benzene rings is 3. The quantitative estimate of drug-likeness (QED) is 0.114. The van der Waals surface area contributed by atoms with Gasteiger partial charge in [-0.25, -0.2) is 13.1 Å². The van der Waals surface area contributed by atoms with Crippen LogP contribution in [0.25, 0.3) is 0 Å². The van der Waals surface area contributed by atoms with E-state index in [4.69, 9.17) is 0 Å². The van der Waals surface area contributed by atoms with Crippen molar-refractivity contribution in [3.63, 3.8) is 0 Å². The third kappa shape index (κ3) is 5.59. The number of amides is 1. The largest absolute Gasteiger partial charge is 0.379 e. The minimum absolute atomic E-state index is 0.196. The Morgan fingerprint density at radius 2 is 1.76 bits per heavy atom. The Morgan fingerprint density at radius 1 is 1.05 bits per heavy atom. The Hall–Kier alpha value is -3.37. The van der Waals surface area contributed by atoms with E-state index in [2.05, 4.69) is 30.8 Å². The SMILES string of the molecule is CC1(C)[C@@H]2CC[C@@]1(C)C(c1ccc(C(=O)NS(=O)(=O)c3ccc(NCCSc4ccccc4)c([N+](=O)[O-])c3)cc1)C2. The van der Waals surface area contributed by atoms with Crippen molar-refractivity contribution in [1.82, 2.24) is 4.72 Å². The summed E-state index contributed by atoms with van der Waals surface area (Å²) in [5.74, 6) is 0.971. The lowest BCUT2D eigenvalue weighted by atomic mass is 9.65. The Balaban J connectivity index is 1.24. The van der Waals surface area contributed by atoms with E-state index in [1.807, 2.05) is 42.5 Å². The van der Waals surface area contributed by atoms with Crippen LogP contribution in [0.5, 0.6) is 0 Å². The van der Waals surface area contributed by atoms with Gasteiger partial charge in [-0.15, -0.1) is 11.8 Å². The molecule has 5 rings (SSSR count). The number of nitrogens with one attached hydrogen (secondary N) is 2. The zero-order valence-electron chi connectivity index (χ0n) is 23.4. The van der Waals surface area contributed by atoms with Gasteiger partial charge < -0.3 is 5.32 Å². The van der Waals surface area contributed by atoms with Crippen molar-refractivity contribution < 1.29 is 18.1 Å². The van der Waals surface area contributed by atoms with Crippen molar-refractivity contribution in [2.24, 2.45) is 16.7 Å². The number of hydrogen-bond donors (Lipinski definition) is 2. The van der Waals surface area contributed by atoms with E-state index < -0.39 is 20.9 Å². The second-order valence-corrected chi connectivity index (χ2v) is 14.6. The van der Waals surface area contributed by atoms with E-state index in [1.54, 1.807) is 23.9 Å². The average molecular weight is 594 g/mol. The van der Waals surface area contributed by atoms with Gasteiger partial charge in [0.2, 0.25) is 0 Å². The molecule has 0 aliphatic heterocycles. The molecule has 0 radical (unpaired) electrons. The van der Waals surface area contributed by atoms with Crippen LogP contribution in [0, 0.1) is 26.9 Å². The lowest BCUT2D eigenvalue weighted by Gasteiger charge is -2.39. The molecule has 3 atom stereocenters. The van der Waals surface area contributed by atoms with E-state index in [1.165, 1.54) is 30.5 Å². The predicted octanol–water partition coefficient (Wildman–Crippen LogP) is 6.85. The number of fused-ring (bicyclic) bond motifs is 2. The summed E-state index contributed by atoms with van der Waals surface area (Å²) in [6.45, 7) is 7.52. The molecule has 2 aliphatic rings. The summed E-state index contributed by atoms with van der Waals surface area (Å²) in [5, 5.41) is 14.7. The minimum atomic E-state index is -4.34. The molecule has 0 aromatic heterocycles. The molecule has 1 unspecified atom stereocenters. The van der Waals surface area contributed by atoms with Crippen LogP contribution in [0.3, 0.4) is 0 Å². The number of thioether (sulfide) groups is 1. The monoisotopic (exact) mass is 593 g/mol. The Labute approximate surface area is 245 Å². The highest BCUT2D eigenvalue weighted by atomic mass is 32.2. The topological polar surface area (TPSA) is 118 Å². The van der Waals surface area contributed by atoms with Gasteiger partial charge in [-0.05, 0) is 83.9 Å². The van der Waals surface area contributed by atoms with Gasteiger partial charge in [0.1, 0.15) is 5.69 Å². The number of hydrogen-bond acceptors (Lipinski definition) is 7. The third-order valence-corrected chi connectivity index (χ3v) is 11.8. The third-order valence-electron chi connectivity index (χ3n) is 9.50. The number of nitro groups is 1. The van der Waals surface area contributed by atoms with Crippen molar-refractivity contribution in [3.05, 3.63) is 94.0 Å². The number of carbonyl (C=O) groups is 1. The number of anilines is 1. The molecule has 0 heterocycles. The first kappa shape index (κ1) is 29.1. The maximum Gasteiger partial charge on any atom is 0.293 e. The highest BCUT2D eigenvalue weighted by Crippen LogP contribution is 2.70. The van der Waals surface area contributed by atoms with E-state index >= 15 is 0 Å². The molecule has 2 aliphatic carbocycles. The molecule has 2 saturated carbocycles. The van der Waals surface area contributed by atoms with Gasteiger partial charge in [0, 0.05) is 28.8 Å². The number of nitro benzene ring substituents is 1. The maximum atomic E-state index is 13.0. The molecule has 0 saturated heterocycles. The first-order valence-corrected chi connectivity index (χ1v) is 16.3. The molecule has 216 valence electrons. The summed E-state index contributed by atoms with van der Waals surface area (Å²) in [6.07, 6.45) is 3.56. The van der Waals surface area contributed by atoms with Crippen molar-refractivity contribution in [2.45, 2.75) is 55.7 Å². The van der Waals surface area contributed by atoms with Crippen LogP contribution in [0.1, 0.15) is 61.9 Å². The summed E-state index contributed by atoms with van der Waals surface area (Å²) >= 11 is 1.60. The molecule has 1 amide bonds. The average Bonchev–Trinajstić information content (AvgIpc) is 3.29. The fourth-order valence-corrected chi connectivity index (χ4v) is 8.45. The summed E-state index contributed by atoms with van der Waals surface area (Å²) in [7, 11) is -4.34. The van der Waals surface area contributed by atoms with Crippen LogP contribution in [-0.4, -0.2) is 31.5 Å². The molecular formula is C31H35N3O5S2. The molecule has 3 aromatic rings. The van der Waals surface area contributed by atoms with Gasteiger partial charge in [0.25, 0.3) is 21.6 Å². The first-order chi connectivity index (χ1) is 19.4. The van der Waals surface area contributed by atoms with Gasteiger partial charge in [-0.1, -0.05) is 51.1 Å². The summed E-state index contributed by atoms with van der Waals surface area (Å²) in [4.78, 5) is 24.7. The van der Waals surface area contributed by atoms with Crippen LogP contribution in [0.2, 0.25) is 0 Å². The second kappa shape index (κ2) is 11.1. The van der Waals surface area contributed by atoms with Crippen LogP contribution in [0.4, 0.5) is 11.4 Å². The fraction of sp³-hybridized carbons (Fsp3) is 0.387. The Morgan fingerprint density at radius 3 is 2.37 bits per heavy atom. The molecule has 2 bridgehead atoms. The Kier molecular flexibility index (Phi) is 7.91. The fourth-order valence-electron chi connectivity index (χ4n) is 6.66. The lowest BCUT2D eigenvalue weighted by Crippen LogP contribution is -2.31. The first-order valence-electron chi connectivity index (χ1n) is 13.8.